The Labute approximate surface area is 255 Å². The molecule has 8 nitrogen and oxygen atoms in total. The van der Waals surface area contributed by atoms with Crippen molar-refractivity contribution in [2.24, 2.45) is 39.4 Å². The molecule has 0 spiro atoms. The van der Waals surface area contributed by atoms with Crippen molar-refractivity contribution in [3.63, 3.8) is 0 Å². The number of carbonyl (C=O) groups is 2. The molecule has 2 aromatic heterocycles. The Hall–Kier alpha value is -2.77. The lowest BCUT2D eigenvalue weighted by Gasteiger charge is -2.69. The van der Waals surface area contributed by atoms with Crippen LogP contribution in [0.4, 0.5) is 0 Å². The first-order chi connectivity index (χ1) is 20.1. The standard InChI is InChI=1S/C35H48N4O4/c1-9-42-29(41)23-20-36-38-39(23)35-14-12-30(2,3)18-22(35)27-24(40)16-26-32(6)17-21-19-37-43-28(21)31(4,5)25(32)10-11-33(26,7)34(27,8)13-15-35/h16,19-20,22,25,27H,9-15,17-18H2,1-8H3/t22-,25-,27-,32-,33+,34+,35-/m0/s1. The number of allylic oxidation sites excluding steroid dienone is 2. The van der Waals surface area contributed by atoms with Crippen LogP contribution < -0.4 is 0 Å². The van der Waals surface area contributed by atoms with E-state index in [9.17, 15) is 9.59 Å². The first-order valence-electron chi connectivity index (χ1n) is 16.4. The molecular formula is C35H48N4O4. The Bertz CT molecular complexity index is 1530. The second-order valence-corrected chi connectivity index (χ2v) is 16.6. The Balaban J connectivity index is 1.37. The number of esters is 1. The average Bonchev–Trinajstić information content (AvgIpc) is 3.61. The normalized spacial score (nSPS) is 40.7. The molecule has 0 aliphatic heterocycles. The van der Waals surface area contributed by atoms with E-state index in [2.05, 4.69) is 70.0 Å². The van der Waals surface area contributed by atoms with Crippen LogP contribution in [0.25, 0.3) is 0 Å². The fourth-order valence-electron chi connectivity index (χ4n) is 11.6. The zero-order chi connectivity index (χ0) is 30.8. The maximum atomic E-state index is 14.9. The molecule has 2 heterocycles. The van der Waals surface area contributed by atoms with Crippen molar-refractivity contribution < 1.29 is 18.8 Å². The third-order valence-corrected chi connectivity index (χ3v) is 13.7. The van der Waals surface area contributed by atoms with E-state index < -0.39 is 5.54 Å². The molecule has 43 heavy (non-hydrogen) atoms. The van der Waals surface area contributed by atoms with Crippen LogP contribution in [0.5, 0.6) is 0 Å². The first kappa shape index (κ1) is 29.0. The van der Waals surface area contributed by atoms with Gasteiger partial charge in [0.25, 0.3) is 0 Å². The molecule has 0 saturated heterocycles. The summed E-state index contributed by atoms with van der Waals surface area (Å²) < 4.78 is 13.2. The van der Waals surface area contributed by atoms with Gasteiger partial charge in [0.15, 0.2) is 11.5 Å². The lowest BCUT2D eigenvalue weighted by Crippen LogP contribution is -2.67. The molecule has 5 aliphatic rings. The number of aromatic nitrogens is 4. The van der Waals surface area contributed by atoms with Gasteiger partial charge in [0, 0.05) is 16.9 Å². The molecule has 0 bridgehead atoms. The van der Waals surface area contributed by atoms with Crippen LogP contribution >= 0.6 is 0 Å². The first-order valence-corrected chi connectivity index (χ1v) is 16.4. The van der Waals surface area contributed by atoms with Crippen LogP contribution in [0.2, 0.25) is 0 Å². The summed E-state index contributed by atoms with van der Waals surface area (Å²) in [4.78, 5) is 28.0. The smallest absolute Gasteiger partial charge is 0.358 e. The Morgan fingerprint density at radius 2 is 1.79 bits per heavy atom. The van der Waals surface area contributed by atoms with Gasteiger partial charge in [-0.2, -0.15) is 0 Å². The third-order valence-electron chi connectivity index (χ3n) is 13.7. The summed E-state index contributed by atoms with van der Waals surface area (Å²) in [5.74, 6) is 1.15. The second kappa shape index (κ2) is 8.91. The summed E-state index contributed by atoms with van der Waals surface area (Å²) in [6.07, 6.45) is 13.1. The van der Waals surface area contributed by atoms with Gasteiger partial charge in [-0.1, -0.05) is 64.4 Å². The number of hydrogen-bond donors (Lipinski definition) is 0. The predicted octanol–water partition coefficient (Wildman–Crippen LogP) is 6.85. The molecule has 232 valence electrons. The Morgan fingerprint density at radius 1 is 1.05 bits per heavy atom. The van der Waals surface area contributed by atoms with Gasteiger partial charge in [0.1, 0.15) is 5.76 Å². The second-order valence-electron chi connectivity index (χ2n) is 16.6. The summed E-state index contributed by atoms with van der Waals surface area (Å²) >= 11 is 0. The monoisotopic (exact) mass is 588 g/mol. The van der Waals surface area contributed by atoms with Crippen molar-refractivity contribution in [2.75, 3.05) is 6.61 Å². The zero-order valence-electron chi connectivity index (χ0n) is 27.2. The van der Waals surface area contributed by atoms with Crippen molar-refractivity contribution in [1.29, 1.82) is 0 Å². The van der Waals surface area contributed by atoms with Gasteiger partial charge in [-0.3, -0.25) is 4.79 Å². The predicted molar refractivity (Wildman–Crippen MR) is 161 cm³/mol. The molecule has 0 amide bonds. The highest BCUT2D eigenvalue weighted by Crippen LogP contribution is 2.74. The Morgan fingerprint density at radius 3 is 2.53 bits per heavy atom. The van der Waals surface area contributed by atoms with E-state index in [1.165, 1.54) is 11.1 Å². The van der Waals surface area contributed by atoms with Crippen LogP contribution in [0.3, 0.4) is 0 Å². The van der Waals surface area contributed by atoms with Gasteiger partial charge in [-0.25, -0.2) is 9.48 Å². The fourth-order valence-corrected chi connectivity index (χ4v) is 11.6. The van der Waals surface area contributed by atoms with Gasteiger partial charge >= 0.3 is 5.97 Å². The maximum absolute atomic E-state index is 14.9. The number of hydrogen-bond acceptors (Lipinski definition) is 7. The van der Waals surface area contributed by atoms with Gasteiger partial charge < -0.3 is 9.26 Å². The van der Waals surface area contributed by atoms with Gasteiger partial charge in [0.05, 0.1) is 24.5 Å². The largest absolute Gasteiger partial charge is 0.461 e. The van der Waals surface area contributed by atoms with Crippen molar-refractivity contribution >= 4 is 11.8 Å². The summed E-state index contributed by atoms with van der Waals surface area (Å²) in [6.45, 7) is 18.7. The van der Waals surface area contributed by atoms with Crippen molar-refractivity contribution in [3.8, 4) is 0 Å². The maximum Gasteiger partial charge on any atom is 0.358 e. The number of rotatable bonds is 3. The molecule has 3 saturated carbocycles. The molecule has 7 atom stereocenters. The quantitative estimate of drug-likeness (QED) is 0.362. The minimum Gasteiger partial charge on any atom is -0.461 e. The van der Waals surface area contributed by atoms with Crippen LogP contribution in [-0.2, 0) is 26.9 Å². The van der Waals surface area contributed by atoms with E-state index in [1.54, 1.807) is 6.20 Å². The van der Waals surface area contributed by atoms with Crippen molar-refractivity contribution in [3.05, 3.63) is 41.1 Å². The fraction of sp³-hybridized carbons (Fsp3) is 0.743. The Kier molecular flexibility index (Phi) is 6.00. The summed E-state index contributed by atoms with van der Waals surface area (Å²) in [5, 5.41) is 13.0. The van der Waals surface area contributed by atoms with Crippen molar-refractivity contribution in [2.45, 2.75) is 118 Å². The zero-order valence-corrected chi connectivity index (χ0v) is 27.2. The van der Waals surface area contributed by atoms with Crippen LogP contribution in [0.1, 0.15) is 122 Å². The van der Waals surface area contributed by atoms with Crippen LogP contribution in [0.15, 0.2) is 28.6 Å². The molecule has 0 aromatic carbocycles. The molecule has 3 fully saturated rings. The van der Waals surface area contributed by atoms with E-state index in [0.717, 1.165) is 57.1 Å². The highest BCUT2D eigenvalue weighted by molar-refractivity contribution is 5.95. The SMILES string of the molecule is CCOC(=O)c1cnnn1[C@]12CCC(C)(C)C[C@H]1[C@H]1C(=O)C=C3[C@@]4(C)Cc5cnoc5C(C)(C)[C@@H]4CC[C@@]3(C)[C@]1(C)CC2. The number of carbonyl (C=O) groups excluding carboxylic acids is 2. The highest BCUT2D eigenvalue weighted by Gasteiger charge is 2.70. The van der Waals surface area contributed by atoms with Crippen LogP contribution in [-0.4, -0.2) is 38.5 Å². The average molecular weight is 589 g/mol. The van der Waals surface area contributed by atoms with E-state index in [4.69, 9.17) is 9.26 Å². The van der Waals surface area contributed by atoms with Gasteiger partial charge in [0.2, 0.25) is 0 Å². The third kappa shape index (κ3) is 3.58. The minimum atomic E-state index is -0.444. The molecule has 5 aliphatic carbocycles. The lowest BCUT2D eigenvalue weighted by molar-refractivity contribution is -0.170. The number of fused-ring (bicyclic) bond motifs is 8. The number of nitrogens with zero attached hydrogens (tertiary/aromatic N) is 4. The van der Waals surface area contributed by atoms with Gasteiger partial charge in [-0.05, 0) is 97.9 Å². The molecule has 2 aromatic rings. The summed E-state index contributed by atoms with van der Waals surface area (Å²) in [7, 11) is 0. The topological polar surface area (TPSA) is 100 Å². The van der Waals surface area contributed by atoms with E-state index in [-0.39, 0.29) is 50.7 Å². The molecule has 0 unspecified atom stereocenters. The molecule has 7 rings (SSSR count). The molecular weight excluding hydrogens is 540 g/mol. The van der Waals surface area contributed by atoms with E-state index in [1.807, 2.05) is 17.8 Å². The lowest BCUT2D eigenvalue weighted by atomic mass is 9.34. The molecule has 0 radical (unpaired) electrons. The van der Waals surface area contributed by atoms with E-state index in [0.29, 0.717) is 18.2 Å². The summed E-state index contributed by atoms with van der Waals surface area (Å²) in [5.41, 5.74) is 1.93. The highest BCUT2D eigenvalue weighted by atomic mass is 16.5. The number of ether oxygens (including phenoxy) is 1. The molecule has 8 heteroatoms. The summed E-state index contributed by atoms with van der Waals surface area (Å²) in [6, 6.07) is 0. The minimum absolute atomic E-state index is 0.0463. The van der Waals surface area contributed by atoms with Crippen molar-refractivity contribution in [1.82, 2.24) is 20.2 Å². The number of ketones is 1. The van der Waals surface area contributed by atoms with Gasteiger partial charge in [-0.15, -0.1) is 5.10 Å². The molecule has 0 N–H and O–H groups in total. The van der Waals surface area contributed by atoms with E-state index >= 15 is 0 Å². The van der Waals surface area contributed by atoms with Crippen LogP contribution in [0, 0.1) is 39.4 Å².